The summed E-state index contributed by atoms with van der Waals surface area (Å²) in [7, 11) is 1.51. The number of nitrogens with zero attached hydrogens (tertiary/aromatic N) is 2. The lowest BCUT2D eigenvalue weighted by Crippen LogP contribution is -2.42. The number of hydrogen-bond donors (Lipinski definition) is 0. The van der Waals surface area contributed by atoms with Gasteiger partial charge in [0.25, 0.3) is 5.91 Å². The van der Waals surface area contributed by atoms with Crippen molar-refractivity contribution in [1.29, 1.82) is 0 Å². The second kappa shape index (κ2) is 6.36. The molecule has 102 valence electrons. The quantitative estimate of drug-likeness (QED) is 0.619. The molecule has 0 bridgehead atoms. The molecular formula is C15H20N2O2. The highest BCUT2D eigenvalue weighted by Gasteiger charge is 2.23. The Morgan fingerprint density at radius 1 is 1.37 bits per heavy atom. The summed E-state index contributed by atoms with van der Waals surface area (Å²) in [5, 5.41) is 3.70. The lowest BCUT2D eigenvalue weighted by Gasteiger charge is -2.33. The van der Waals surface area contributed by atoms with Crippen LogP contribution in [0, 0.1) is 0 Å². The number of hydrogen-bond acceptors (Lipinski definition) is 3. The van der Waals surface area contributed by atoms with Gasteiger partial charge in [-0.05, 0) is 43.9 Å². The SMILES string of the molecule is CO/N=C/c1ccc(C(=O)N2CCCCC2C)cc1. The van der Waals surface area contributed by atoms with Crippen LogP contribution >= 0.6 is 0 Å². The number of rotatable bonds is 3. The van der Waals surface area contributed by atoms with Gasteiger partial charge in [-0.3, -0.25) is 4.79 Å². The minimum absolute atomic E-state index is 0.127. The van der Waals surface area contributed by atoms with Crippen LogP contribution in [-0.2, 0) is 4.84 Å². The van der Waals surface area contributed by atoms with Gasteiger partial charge in [0.1, 0.15) is 7.11 Å². The zero-order chi connectivity index (χ0) is 13.7. The maximum Gasteiger partial charge on any atom is 0.254 e. The van der Waals surface area contributed by atoms with E-state index in [2.05, 4.69) is 16.9 Å². The molecule has 4 heteroatoms. The van der Waals surface area contributed by atoms with Crippen molar-refractivity contribution in [2.24, 2.45) is 5.16 Å². The van der Waals surface area contributed by atoms with E-state index in [-0.39, 0.29) is 5.91 Å². The molecule has 2 rings (SSSR count). The summed E-state index contributed by atoms with van der Waals surface area (Å²) in [5.41, 5.74) is 1.66. The maximum absolute atomic E-state index is 12.4. The topological polar surface area (TPSA) is 41.9 Å². The van der Waals surface area contributed by atoms with Gasteiger partial charge in [-0.25, -0.2) is 0 Å². The number of amides is 1. The summed E-state index contributed by atoms with van der Waals surface area (Å²) in [6.45, 7) is 2.99. The molecule has 1 unspecified atom stereocenters. The van der Waals surface area contributed by atoms with Crippen LogP contribution in [-0.4, -0.2) is 36.7 Å². The Morgan fingerprint density at radius 2 is 2.11 bits per heavy atom. The average Bonchev–Trinajstić information content (AvgIpc) is 2.45. The van der Waals surface area contributed by atoms with E-state index >= 15 is 0 Å². The van der Waals surface area contributed by atoms with Crippen LogP contribution in [0.25, 0.3) is 0 Å². The van der Waals surface area contributed by atoms with Gasteiger partial charge in [0.15, 0.2) is 0 Å². The molecule has 0 saturated carbocycles. The first-order chi connectivity index (χ1) is 9.22. The van der Waals surface area contributed by atoms with Crippen molar-refractivity contribution in [2.75, 3.05) is 13.7 Å². The van der Waals surface area contributed by atoms with E-state index in [1.165, 1.54) is 13.5 Å². The molecule has 1 aromatic rings. The largest absolute Gasteiger partial charge is 0.399 e. The van der Waals surface area contributed by atoms with Crippen LogP contribution in [0.5, 0.6) is 0 Å². The minimum Gasteiger partial charge on any atom is -0.399 e. The second-order valence-electron chi connectivity index (χ2n) is 4.88. The molecule has 1 amide bonds. The summed E-state index contributed by atoms with van der Waals surface area (Å²) in [6, 6.07) is 7.80. The normalized spacial score (nSPS) is 19.7. The van der Waals surface area contributed by atoms with Crippen molar-refractivity contribution >= 4 is 12.1 Å². The Kier molecular flexibility index (Phi) is 4.55. The molecule has 4 nitrogen and oxygen atoms in total. The number of benzene rings is 1. The van der Waals surface area contributed by atoms with Crippen molar-refractivity contribution < 1.29 is 9.63 Å². The summed E-state index contributed by atoms with van der Waals surface area (Å²) >= 11 is 0. The first-order valence-electron chi connectivity index (χ1n) is 6.70. The van der Waals surface area contributed by atoms with E-state index in [0.29, 0.717) is 6.04 Å². The van der Waals surface area contributed by atoms with Crippen LogP contribution in [0.2, 0.25) is 0 Å². The van der Waals surface area contributed by atoms with Crippen LogP contribution in [0.1, 0.15) is 42.1 Å². The van der Waals surface area contributed by atoms with Crippen LogP contribution in [0.4, 0.5) is 0 Å². The second-order valence-corrected chi connectivity index (χ2v) is 4.88. The molecule has 1 heterocycles. The van der Waals surface area contributed by atoms with Gasteiger partial charge < -0.3 is 9.74 Å². The number of likely N-dealkylation sites (tertiary alicyclic amines) is 1. The van der Waals surface area contributed by atoms with Crippen molar-refractivity contribution in [3.63, 3.8) is 0 Å². The highest BCUT2D eigenvalue weighted by atomic mass is 16.6. The van der Waals surface area contributed by atoms with Gasteiger partial charge >= 0.3 is 0 Å². The third-order valence-corrected chi connectivity index (χ3v) is 3.53. The number of oxime groups is 1. The number of carbonyl (C=O) groups excluding carboxylic acids is 1. The summed E-state index contributed by atoms with van der Waals surface area (Å²) < 4.78 is 0. The fraction of sp³-hybridized carbons (Fsp3) is 0.467. The average molecular weight is 260 g/mol. The maximum atomic E-state index is 12.4. The molecule has 1 atom stereocenters. The zero-order valence-electron chi connectivity index (χ0n) is 11.5. The smallest absolute Gasteiger partial charge is 0.254 e. The Bertz CT molecular complexity index is 454. The Morgan fingerprint density at radius 3 is 2.74 bits per heavy atom. The highest BCUT2D eigenvalue weighted by Crippen LogP contribution is 2.19. The first kappa shape index (κ1) is 13.6. The van der Waals surface area contributed by atoms with Crippen molar-refractivity contribution in [2.45, 2.75) is 32.2 Å². The Labute approximate surface area is 114 Å². The molecule has 0 aromatic heterocycles. The van der Waals surface area contributed by atoms with Gasteiger partial charge in [0.05, 0.1) is 6.21 Å². The van der Waals surface area contributed by atoms with E-state index in [1.807, 2.05) is 29.2 Å². The molecular weight excluding hydrogens is 240 g/mol. The summed E-state index contributed by atoms with van der Waals surface area (Å²) in [4.78, 5) is 19.0. The van der Waals surface area contributed by atoms with Crippen LogP contribution < -0.4 is 0 Å². The molecule has 1 aliphatic rings. The van der Waals surface area contributed by atoms with Crippen LogP contribution in [0.3, 0.4) is 0 Å². The van der Waals surface area contributed by atoms with E-state index < -0.39 is 0 Å². The third kappa shape index (κ3) is 3.34. The van der Waals surface area contributed by atoms with E-state index in [0.717, 1.165) is 30.5 Å². The summed E-state index contributed by atoms with van der Waals surface area (Å²) in [6.07, 6.45) is 5.05. The van der Waals surface area contributed by atoms with Gasteiger partial charge in [0, 0.05) is 18.2 Å². The molecule has 19 heavy (non-hydrogen) atoms. The van der Waals surface area contributed by atoms with E-state index in [1.54, 1.807) is 6.21 Å². The summed E-state index contributed by atoms with van der Waals surface area (Å²) in [5.74, 6) is 0.127. The van der Waals surface area contributed by atoms with Crippen molar-refractivity contribution in [3.05, 3.63) is 35.4 Å². The van der Waals surface area contributed by atoms with Gasteiger partial charge in [0.2, 0.25) is 0 Å². The fourth-order valence-electron chi connectivity index (χ4n) is 2.39. The zero-order valence-corrected chi connectivity index (χ0v) is 11.5. The van der Waals surface area contributed by atoms with E-state index in [9.17, 15) is 4.79 Å². The van der Waals surface area contributed by atoms with Gasteiger partial charge in [-0.15, -0.1) is 0 Å². The highest BCUT2D eigenvalue weighted by molar-refractivity contribution is 5.95. The third-order valence-electron chi connectivity index (χ3n) is 3.53. The molecule has 0 aliphatic carbocycles. The van der Waals surface area contributed by atoms with Crippen molar-refractivity contribution in [3.8, 4) is 0 Å². The molecule has 1 fully saturated rings. The lowest BCUT2D eigenvalue weighted by molar-refractivity contribution is 0.0635. The molecule has 1 aliphatic heterocycles. The number of piperidine rings is 1. The molecule has 1 saturated heterocycles. The lowest BCUT2D eigenvalue weighted by atomic mass is 10.0. The van der Waals surface area contributed by atoms with Crippen LogP contribution in [0.15, 0.2) is 29.4 Å². The predicted molar refractivity (Wildman–Crippen MR) is 75.4 cm³/mol. The minimum atomic E-state index is 0.127. The Balaban J connectivity index is 2.08. The molecule has 0 spiro atoms. The van der Waals surface area contributed by atoms with Gasteiger partial charge in [-0.1, -0.05) is 17.3 Å². The van der Waals surface area contributed by atoms with E-state index in [4.69, 9.17) is 0 Å². The molecule has 0 N–H and O–H groups in total. The fourth-order valence-corrected chi connectivity index (χ4v) is 2.39. The predicted octanol–water partition coefficient (Wildman–Crippen LogP) is 2.68. The number of carbonyl (C=O) groups is 1. The molecule has 1 aromatic carbocycles. The van der Waals surface area contributed by atoms with Gasteiger partial charge in [-0.2, -0.15) is 0 Å². The molecule has 0 radical (unpaired) electrons. The Hall–Kier alpha value is -1.84. The standard InChI is InChI=1S/C15H20N2O2/c1-12-5-3-4-10-17(12)15(18)14-8-6-13(7-9-14)11-16-19-2/h6-9,11-12H,3-5,10H2,1-2H3/b16-11+. The first-order valence-corrected chi connectivity index (χ1v) is 6.70. The monoisotopic (exact) mass is 260 g/mol. The van der Waals surface area contributed by atoms with Crippen molar-refractivity contribution in [1.82, 2.24) is 4.90 Å².